The van der Waals surface area contributed by atoms with Crippen LogP contribution in [0.4, 0.5) is 32.5 Å². The number of aromatic nitrogens is 3. The van der Waals surface area contributed by atoms with E-state index in [0.29, 0.717) is 11.3 Å². The van der Waals surface area contributed by atoms with Crippen LogP contribution in [0.25, 0.3) is 0 Å². The number of nitrogens with one attached hydrogen (secondary N) is 3. The van der Waals surface area contributed by atoms with Gasteiger partial charge in [-0.15, -0.1) is 0 Å². The van der Waals surface area contributed by atoms with Crippen molar-refractivity contribution in [3.63, 3.8) is 0 Å². The molecular formula is C26H34FN7O4S. The number of hydrogen-bond donors (Lipinski definition) is 3. The van der Waals surface area contributed by atoms with Gasteiger partial charge in [0.1, 0.15) is 23.9 Å². The Balaban J connectivity index is 1.71. The molecule has 0 unspecified atom stereocenters. The van der Waals surface area contributed by atoms with Crippen LogP contribution in [-0.2, 0) is 28.0 Å². The minimum Gasteiger partial charge on any atom is -0.444 e. The largest absolute Gasteiger partial charge is 0.444 e. The zero-order chi connectivity index (χ0) is 28.8. The normalized spacial score (nSPS) is 12.4. The van der Waals surface area contributed by atoms with Gasteiger partial charge in [0.25, 0.3) is 0 Å². The maximum atomic E-state index is 13.7. The third-order valence-electron chi connectivity index (χ3n) is 5.52. The van der Waals surface area contributed by atoms with Crippen molar-refractivity contribution in [3.05, 3.63) is 65.5 Å². The number of pyridine rings is 1. The Morgan fingerprint density at radius 2 is 1.82 bits per heavy atom. The molecule has 39 heavy (non-hydrogen) atoms. The fourth-order valence-electron chi connectivity index (χ4n) is 3.46. The summed E-state index contributed by atoms with van der Waals surface area (Å²) in [5.41, 5.74) is 1.81. The lowest BCUT2D eigenvalue weighted by atomic mass is 10.1. The van der Waals surface area contributed by atoms with Crippen LogP contribution >= 0.6 is 0 Å². The number of sulfonamides is 1. The molecule has 0 fully saturated rings. The molecule has 0 aliphatic carbocycles. The molecule has 0 saturated carbocycles. The van der Waals surface area contributed by atoms with Crippen molar-refractivity contribution in [2.75, 3.05) is 28.2 Å². The number of carbonyl (C=O) groups is 1. The summed E-state index contributed by atoms with van der Waals surface area (Å²) in [5.74, 6) is 0.762. The lowest BCUT2D eigenvalue weighted by molar-refractivity contribution is 0.0508. The van der Waals surface area contributed by atoms with Gasteiger partial charge in [0.2, 0.25) is 16.0 Å². The third kappa shape index (κ3) is 8.50. The Labute approximate surface area is 228 Å². The standard InChI is InChI=1S/C26H34FN7O4S/c1-17(31-25(35)38-26(2,3)4)18-9-11-21(12-10-18)32-24-30-16-20(14-27)22(33-24)29-15-19-8-7-13-28-23(19)34(5)39(6,36)37/h7-13,16-17H,14-15H2,1-6H3,(H,31,35)(H2,29,30,32,33)/t17-/m1/s1. The topological polar surface area (TPSA) is 138 Å². The Kier molecular flexibility index (Phi) is 9.28. The molecule has 0 aliphatic heterocycles. The molecule has 0 aliphatic rings. The molecule has 0 saturated heterocycles. The van der Waals surface area contributed by atoms with Crippen molar-refractivity contribution >= 4 is 39.4 Å². The molecule has 3 aromatic rings. The fourth-order valence-corrected chi connectivity index (χ4v) is 3.94. The third-order valence-corrected chi connectivity index (χ3v) is 6.69. The van der Waals surface area contributed by atoms with Crippen LogP contribution in [0.5, 0.6) is 0 Å². The van der Waals surface area contributed by atoms with Crippen LogP contribution in [0, 0.1) is 0 Å². The summed E-state index contributed by atoms with van der Waals surface area (Å²) in [6, 6.07) is 10.5. The molecule has 2 heterocycles. The van der Waals surface area contributed by atoms with Crippen LogP contribution < -0.4 is 20.3 Å². The molecule has 13 heteroatoms. The summed E-state index contributed by atoms with van der Waals surface area (Å²) in [5, 5.41) is 8.95. The predicted molar refractivity (Wildman–Crippen MR) is 149 cm³/mol. The minimum atomic E-state index is -3.52. The van der Waals surface area contributed by atoms with E-state index in [9.17, 15) is 17.6 Å². The monoisotopic (exact) mass is 559 g/mol. The number of alkyl halides is 1. The summed E-state index contributed by atoms with van der Waals surface area (Å²) < 4.78 is 44.0. The van der Waals surface area contributed by atoms with E-state index in [1.165, 1.54) is 19.4 Å². The zero-order valence-corrected chi connectivity index (χ0v) is 23.6. The molecule has 11 nitrogen and oxygen atoms in total. The van der Waals surface area contributed by atoms with E-state index in [2.05, 4.69) is 30.9 Å². The van der Waals surface area contributed by atoms with E-state index in [0.717, 1.165) is 16.1 Å². The van der Waals surface area contributed by atoms with Gasteiger partial charge in [-0.25, -0.2) is 27.6 Å². The number of halogens is 1. The first-order valence-corrected chi connectivity index (χ1v) is 14.0. The number of amides is 1. The summed E-state index contributed by atoms with van der Waals surface area (Å²) in [6.45, 7) is 6.62. The predicted octanol–water partition coefficient (Wildman–Crippen LogP) is 4.68. The number of alkyl carbamates (subject to hydrolysis) is 1. The van der Waals surface area contributed by atoms with E-state index in [-0.39, 0.29) is 35.7 Å². The van der Waals surface area contributed by atoms with E-state index in [1.807, 2.05) is 31.2 Å². The van der Waals surface area contributed by atoms with Gasteiger partial charge in [0.15, 0.2) is 0 Å². The number of anilines is 4. The van der Waals surface area contributed by atoms with E-state index < -0.39 is 28.4 Å². The molecule has 210 valence electrons. The van der Waals surface area contributed by atoms with Crippen LogP contribution in [0.1, 0.15) is 50.4 Å². The number of hydrogen-bond acceptors (Lipinski definition) is 9. The number of carbonyl (C=O) groups excluding carboxylic acids is 1. The molecular weight excluding hydrogens is 525 g/mol. The molecule has 0 bridgehead atoms. The van der Waals surface area contributed by atoms with Crippen molar-refractivity contribution in [1.29, 1.82) is 0 Å². The zero-order valence-electron chi connectivity index (χ0n) is 22.8. The van der Waals surface area contributed by atoms with Crippen molar-refractivity contribution in [1.82, 2.24) is 20.3 Å². The van der Waals surface area contributed by atoms with Gasteiger partial charge in [0.05, 0.1) is 12.3 Å². The summed E-state index contributed by atoms with van der Waals surface area (Å²) in [6.07, 6.45) is 3.47. The molecule has 1 amide bonds. The van der Waals surface area contributed by atoms with Crippen molar-refractivity contribution < 1.29 is 22.3 Å². The SMILES string of the molecule is C[C@@H](NC(=O)OC(C)(C)C)c1ccc(Nc2ncc(CF)c(NCc3cccnc3N(C)S(C)(=O)=O)n2)cc1. The van der Waals surface area contributed by atoms with E-state index in [1.54, 1.807) is 32.9 Å². The van der Waals surface area contributed by atoms with Crippen molar-refractivity contribution in [2.45, 2.75) is 52.6 Å². The maximum Gasteiger partial charge on any atom is 0.408 e. The lowest BCUT2D eigenvalue weighted by Crippen LogP contribution is -2.34. The first-order valence-electron chi connectivity index (χ1n) is 12.2. The first-order chi connectivity index (χ1) is 18.3. The number of benzene rings is 1. The second kappa shape index (κ2) is 12.2. The molecule has 1 atom stereocenters. The van der Waals surface area contributed by atoms with Crippen LogP contribution in [-0.4, -0.2) is 48.4 Å². The van der Waals surface area contributed by atoms with Crippen LogP contribution in [0.15, 0.2) is 48.8 Å². The quantitative estimate of drug-likeness (QED) is 0.323. The van der Waals surface area contributed by atoms with E-state index in [4.69, 9.17) is 4.74 Å². The van der Waals surface area contributed by atoms with E-state index >= 15 is 0 Å². The number of rotatable bonds is 10. The Morgan fingerprint density at radius 3 is 2.44 bits per heavy atom. The minimum absolute atomic E-state index is 0.156. The van der Waals surface area contributed by atoms with Crippen molar-refractivity contribution in [2.24, 2.45) is 0 Å². The number of ether oxygens (including phenoxy) is 1. The Bertz CT molecular complexity index is 1400. The molecule has 1 aromatic carbocycles. The summed E-state index contributed by atoms with van der Waals surface area (Å²) >= 11 is 0. The maximum absolute atomic E-state index is 13.7. The van der Waals surface area contributed by atoms with Gasteiger partial charge in [-0.05, 0) is 51.5 Å². The fraction of sp³-hybridized carbons (Fsp3) is 0.385. The molecule has 0 radical (unpaired) electrons. The highest BCUT2D eigenvalue weighted by Gasteiger charge is 2.19. The summed E-state index contributed by atoms with van der Waals surface area (Å²) in [7, 11) is -2.10. The highest BCUT2D eigenvalue weighted by molar-refractivity contribution is 7.92. The molecule has 3 N–H and O–H groups in total. The Hall–Kier alpha value is -4.00. The van der Waals surface area contributed by atoms with Gasteiger partial charge >= 0.3 is 6.09 Å². The van der Waals surface area contributed by atoms with Crippen LogP contribution in [0.2, 0.25) is 0 Å². The molecule has 0 spiro atoms. The van der Waals surface area contributed by atoms with Gasteiger partial charge in [-0.1, -0.05) is 18.2 Å². The van der Waals surface area contributed by atoms with Gasteiger partial charge in [0, 0.05) is 42.8 Å². The summed E-state index contributed by atoms with van der Waals surface area (Å²) in [4.78, 5) is 24.8. The average Bonchev–Trinajstić information content (AvgIpc) is 2.86. The molecule has 2 aromatic heterocycles. The second-order valence-corrected chi connectivity index (χ2v) is 11.9. The van der Waals surface area contributed by atoms with Crippen molar-refractivity contribution in [3.8, 4) is 0 Å². The number of nitrogens with zero attached hydrogens (tertiary/aromatic N) is 4. The van der Waals surface area contributed by atoms with Gasteiger partial charge in [-0.2, -0.15) is 4.98 Å². The Morgan fingerprint density at radius 1 is 1.13 bits per heavy atom. The lowest BCUT2D eigenvalue weighted by Gasteiger charge is -2.22. The average molecular weight is 560 g/mol. The highest BCUT2D eigenvalue weighted by atomic mass is 32.2. The van der Waals surface area contributed by atoms with Gasteiger partial charge in [-0.3, -0.25) is 4.31 Å². The smallest absolute Gasteiger partial charge is 0.408 e. The highest BCUT2D eigenvalue weighted by Crippen LogP contribution is 2.23. The van der Waals surface area contributed by atoms with Gasteiger partial charge < -0.3 is 20.7 Å². The molecule has 3 rings (SSSR count). The van der Waals surface area contributed by atoms with Crippen LogP contribution in [0.3, 0.4) is 0 Å². The first kappa shape index (κ1) is 29.6. The second-order valence-electron chi connectivity index (χ2n) is 9.89.